The Balaban J connectivity index is 2.04. The number of H-pyrrole nitrogens is 1. The zero-order valence-electron chi connectivity index (χ0n) is 10.3. The van der Waals surface area contributed by atoms with E-state index in [4.69, 9.17) is 0 Å². The second kappa shape index (κ2) is 5.17. The summed E-state index contributed by atoms with van der Waals surface area (Å²) in [5.41, 5.74) is 1.09. The van der Waals surface area contributed by atoms with Crippen LogP contribution in [0.25, 0.3) is 0 Å². The number of aryl methyl sites for hydroxylation is 1. The Bertz CT molecular complexity index is 566. The van der Waals surface area contributed by atoms with E-state index in [0.29, 0.717) is 11.3 Å². The summed E-state index contributed by atoms with van der Waals surface area (Å²) in [6, 6.07) is 9.63. The van der Waals surface area contributed by atoms with Crippen molar-refractivity contribution in [1.82, 2.24) is 10.2 Å². The molecule has 0 aliphatic heterocycles. The van der Waals surface area contributed by atoms with Crippen molar-refractivity contribution in [3.63, 3.8) is 0 Å². The quantitative estimate of drug-likeness (QED) is 0.892. The highest BCUT2D eigenvalue weighted by Crippen LogP contribution is 2.22. The van der Waals surface area contributed by atoms with Crippen molar-refractivity contribution in [3.8, 4) is 0 Å². The van der Waals surface area contributed by atoms with E-state index in [1.54, 1.807) is 37.3 Å². The van der Waals surface area contributed by atoms with Gasteiger partial charge in [0.15, 0.2) is 5.82 Å². The monoisotopic (exact) mass is 265 g/mol. The number of amides is 1. The van der Waals surface area contributed by atoms with Gasteiger partial charge in [-0.1, -0.05) is 30.3 Å². The molecule has 0 radical (unpaired) electrons. The summed E-state index contributed by atoms with van der Waals surface area (Å²) in [7, 11) is 0. The Labute approximate surface area is 108 Å². The summed E-state index contributed by atoms with van der Waals surface area (Å²) in [4.78, 5) is 11.5. The van der Waals surface area contributed by atoms with Gasteiger partial charge in [-0.15, -0.1) is 0 Å². The van der Waals surface area contributed by atoms with Crippen molar-refractivity contribution in [3.05, 3.63) is 47.7 Å². The molecule has 0 atom stereocenters. The smallest absolute Gasteiger partial charge is 0.304 e. The predicted molar refractivity (Wildman–Crippen MR) is 67.0 cm³/mol. The number of carbonyl (C=O) groups is 1. The topological polar surface area (TPSA) is 57.8 Å². The molecule has 4 nitrogen and oxygen atoms in total. The average molecular weight is 265 g/mol. The maximum absolute atomic E-state index is 13.7. The SMILES string of the molecule is Cc1cc(NC(=O)C(F)(F)Cc2ccccc2)n[nH]1. The highest BCUT2D eigenvalue weighted by Gasteiger charge is 2.39. The summed E-state index contributed by atoms with van der Waals surface area (Å²) < 4.78 is 27.5. The molecule has 0 bridgehead atoms. The van der Waals surface area contributed by atoms with Crippen LogP contribution in [0.5, 0.6) is 0 Å². The molecule has 0 spiro atoms. The highest BCUT2D eigenvalue weighted by molar-refractivity contribution is 5.95. The van der Waals surface area contributed by atoms with E-state index >= 15 is 0 Å². The maximum atomic E-state index is 13.7. The van der Waals surface area contributed by atoms with Crippen LogP contribution < -0.4 is 5.32 Å². The third-order valence-corrected chi connectivity index (χ3v) is 2.55. The Morgan fingerprint density at radius 3 is 2.63 bits per heavy atom. The van der Waals surface area contributed by atoms with Crippen molar-refractivity contribution in [2.45, 2.75) is 19.3 Å². The number of aromatic amines is 1. The minimum absolute atomic E-state index is 0.0928. The van der Waals surface area contributed by atoms with Gasteiger partial charge in [-0.25, -0.2) is 0 Å². The lowest BCUT2D eigenvalue weighted by atomic mass is 10.1. The van der Waals surface area contributed by atoms with Gasteiger partial charge >= 0.3 is 5.92 Å². The maximum Gasteiger partial charge on any atom is 0.328 e. The number of carbonyl (C=O) groups excluding carboxylic acids is 1. The van der Waals surface area contributed by atoms with E-state index in [1.165, 1.54) is 6.07 Å². The molecular formula is C13H13F2N3O. The van der Waals surface area contributed by atoms with Gasteiger partial charge in [0.25, 0.3) is 5.91 Å². The first-order chi connectivity index (χ1) is 8.97. The lowest BCUT2D eigenvalue weighted by molar-refractivity contribution is -0.139. The molecule has 2 rings (SSSR count). The third-order valence-electron chi connectivity index (χ3n) is 2.55. The molecule has 1 amide bonds. The van der Waals surface area contributed by atoms with E-state index in [2.05, 4.69) is 15.5 Å². The van der Waals surface area contributed by atoms with Crippen molar-refractivity contribution in [1.29, 1.82) is 0 Å². The fourth-order valence-electron chi connectivity index (χ4n) is 1.62. The first kappa shape index (κ1) is 13.2. The zero-order valence-corrected chi connectivity index (χ0v) is 10.3. The van der Waals surface area contributed by atoms with Crippen LogP contribution >= 0.6 is 0 Å². The molecule has 100 valence electrons. The van der Waals surface area contributed by atoms with Gasteiger partial charge in [-0.05, 0) is 12.5 Å². The van der Waals surface area contributed by atoms with Gasteiger partial charge in [0.1, 0.15) is 0 Å². The Kier molecular flexibility index (Phi) is 3.59. The molecule has 6 heteroatoms. The minimum atomic E-state index is -3.48. The van der Waals surface area contributed by atoms with Gasteiger partial charge in [-0.3, -0.25) is 9.89 Å². The number of aromatic nitrogens is 2. The van der Waals surface area contributed by atoms with Crippen LogP contribution in [0.4, 0.5) is 14.6 Å². The van der Waals surface area contributed by atoms with E-state index in [-0.39, 0.29) is 5.82 Å². The van der Waals surface area contributed by atoms with Crippen molar-refractivity contribution in [2.24, 2.45) is 0 Å². The molecule has 1 aromatic heterocycles. The van der Waals surface area contributed by atoms with Crippen molar-refractivity contribution < 1.29 is 13.6 Å². The fourth-order valence-corrected chi connectivity index (χ4v) is 1.62. The van der Waals surface area contributed by atoms with E-state index < -0.39 is 18.3 Å². The molecule has 0 unspecified atom stereocenters. The molecule has 1 aromatic carbocycles. The normalized spacial score (nSPS) is 11.3. The molecule has 0 saturated carbocycles. The molecule has 0 fully saturated rings. The third kappa shape index (κ3) is 3.37. The lowest BCUT2D eigenvalue weighted by Crippen LogP contribution is -2.36. The van der Waals surface area contributed by atoms with Gasteiger partial charge < -0.3 is 5.32 Å². The molecule has 2 aromatic rings. The average Bonchev–Trinajstić information content (AvgIpc) is 2.75. The summed E-state index contributed by atoms with van der Waals surface area (Å²) >= 11 is 0. The van der Waals surface area contributed by atoms with Gasteiger partial charge in [0, 0.05) is 18.2 Å². The van der Waals surface area contributed by atoms with Gasteiger partial charge in [-0.2, -0.15) is 13.9 Å². The summed E-state index contributed by atoms with van der Waals surface area (Å²) in [6.45, 7) is 1.71. The van der Waals surface area contributed by atoms with Gasteiger partial charge in [0.2, 0.25) is 0 Å². The number of alkyl halides is 2. The molecule has 0 aliphatic rings. The summed E-state index contributed by atoms with van der Waals surface area (Å²) in [6.07, 6.45) is -0.636. The standard InChI is InChI=1S/C13H13F2N3O/c1-9-7-11(18-17-9)16-12(19)13(14,15)8-10-5-3-2-4-6-10/h2-7H,8H2,1H3,(H2,16,17,18,19). The van der Waals surface area contributed by atoms with Crippen LogP contribution in [-0.2, 0) is 11.2 Å². The number of anilines is 1. The number of benzene rings is 1. The van der Waals surface area contributed by atoms with Gasteiger partial charge in [0.05, 0.1) is 0 Å². The predicted octanol–water partition coefficient (Wildman–Crippen LogP) is 2.53. The number of halogens is 2. The molecule has 1 heterocycles. The number of nitrogens with zero attached hydrogens (tertiary/aromatic N) is 1. The Morgan fingerprint density at radius 1 is 1.37 bits per heavy atom. The lowest BCUT2D eigenvalue weighted by Gasteiger charge is -2.15. The largest absolute Gasteiger partial charge is 0.328 e. The minimum Gasteiger partial charge on any atom is -0.304 e. The highest BCUT2D eigenvalue weighted by atomic mass is 19.3. The molecule has 0 saturated heterocycles. The number of hydrogen-bond acceptors (Lipinski definition) is 2. The molecule has 19 heavy (non-hydrogen) atoms. The zero-order chi connectivity index (χ0) is 13.9. The van der Waals surface area contributed by atoms with E-state index in [9.17, 15) is 13.6 Å². The second-order valence-electron chi connectivity index (χ2n) is 4.26. The second-order valence-corrected chi connectivity index (χ2v) is 4.26. The van der Waals surface area contributed by atoms with Crippen LogP contribution in [0, 0.1) is 6.92 Å². The van der Waals surface area contributed by atoms with E-state index in [0.717, 1.165) is 0 Å². The number of hydrogen-bond donors (Lipinski definition) is 2. The number of rotatable bonds is 4. The van der Waals surface area contributed by atoms with Crippen molar-refractivity contribution in [2.75, 3.05) is 5.32 Å². The fraction of sp³-hybridized carbons (Fsp3) is 0.231. The Hall–Kier alpha value is -2.24. The molecular weight excluding hydrogens is 252 g/mol. The van der Waals surface area contributed by atoms with Crippen molar-refractivity contribution >= 4 is 11.7 Å². The van der Waals surface area contributed by atoms with Crippen LogP contribution in [0.2, 0.25) is 0 Å². The molecule has 2 N–H and O–H groups in total. The summed E-state index contributed by atoms with van der Waals surface area (Å²) in [5.74, 6) is -4.74. The van der Waals surface area contributed by atoms with E-state index in [1.807, 2.05) is 0 Å². The van der Waals surface area contributed by atoms with Crippen LogP contribution in [0.15, 0.2) is 36.4 Å². The first-order valence-electron chi connectivity index (χ1n) is 5.72. The summed E-state index contributed by atoms with van der Waals surface area (Å²) in [5, 5.41) is 8.34. The van der Waals surface area contributed by atoms with Crippen LogP contribution in [0.3, 0.4) is 0 Å². The Morgan fingerprint density at radius 2 is 2.05 bits per heavy atom. The van der Waals surface area contributed by atoms with Crippen LogP contribution in [0.1, 0.15) is 11.3 Å². The number of nitrogens with one attached hydrogen (secondary N) is 2. The first-order valence-corrected chi connectivity index (χ1v) is 5.72. The molecule has 0 aliphatic carbocycles. The van der Waals surface area contributed by atoms with Crippen LogP contribution in [-0.4, -0.2) is 22.0 Å².